The number of aryl methyl sites for hydroxylation is 1. The molecule has 0 N–H and O–H groups in total. The Morgan fingerprint density at radius 2 is 2.04 bits per heavy atom. The van der Waals surface area contributed by atoms with Gasteiger partial charge < -0.3 is 9.47 Å². The van der Waals surface area contributed by atoms with E-state index in [9.17, 15) is 0 Å². The summed E-state index contributed by atoms with van der Waals surface area (Å²) in [6.45, 7) is 2.55. The molecule has 1 aromatic rings. The molecule has 6 atom stereocenters. The summed E-state index contributed by atoms with van der Waals surface area (Å²) >= 11 is 0. The zero-order valence-electron chi connectivity index (χ0n) is 14.6. The highest BCUT2D eigenvalue weighted by atomic mass is 16.5. The number of methoxy groups -OCH3 is 2. The predicted molar refractivity (Wildman–Crippen MR) is 90.8 cm³/mol. The fourth-order valence-electron chi connectivity index (χ4n) is 7.04. The predicted octanol–water partition coefficient (Wildman–Crippen LogP) is 4.57. The summed E-state index contributed by atoms with van der Waals surface area (Å²) in [5.74, 6) is 4.38. The number of ether oxygens (including phenoxy) is 2. The minimum absolute atomic E-state index is 0.239. The third-order valence-corrected chi connectivity index (χ3v) is 8.24. The number of rotatable bonds is 2. The fourth-order valence-corrected chi connectivity index (χ4v) is 7.04. The second kappa shape index (κ2) is 4.53. The quantitative estimate of drug-likeness (QED) is 0.796. The Hall–Kier alpha value is -1.02. The summed E-state index contributed by atoms with van der Waals surface area (Å²) in [7, 11) is 3.73. The molecule has 4 aliphatic rings. The first-order valence-corrected chi connectivity index (χ1v) is 9.35. The number of benzene rings is 1. The van der Waals surface area contributed by atoms with E-state index >= 15 is 0 Å². The Morgan fingerprint density at radius 3 is 2.83 bits per heavy atom. The minimum Gasteiger partial charge on any atom is -0.497 e. The van der Waals surface area contributed by atoms with E-state index in [-0.39, 0.29) is 5.60 Å². The average molecular weight is 312 g/mol. The third kappa shape index (κ3) is 1.64. The molecular formula is C21H28O2. The highest BCUT2D eigenvalue weighted by Gasteiger charge is 2.74. The zero-order valence-corrected chi connectivity index (χ0v) is 14.6. The van der Waals surface area contributed by atoms with Gasteiger partial charge in [0.1, 0.15) is 5.75 Å². The third-order valence-electron chi connectivity index (χ3n) is 8.24. The monoisotopic (exact) mass is 312 g/mol. The first kappa shape index (κ1) is 14.3. The summed E-state index contributed by atoms with van der Waals surface area (Å²) in [6, 6.07) is 6.80. The van der Waals surface area contributed by atoms with E-state index in [1.54, 1.807) is 18.2 Å². The van der Waals surface area contributed by atoms with Crippen LogP contribution in [0.25, 0.3) is 0 Å². The van der Waals surface area contributed by atoms with E-state index in [0.29, 0.717) is 5.41 Å². The molecule has 0 unspecified atom stereocenters. The van der Waals surface area contributed by atoms with Crippen molar-refractivity contribution >= 4 is 0 Å². The molecular weight excluding hydrogens is 284 g/mol. The molecule has 0 aromatic heterocycles. The van der Waals surface area contributed by atoms with Crippen molar-refractivity contribution < 1.29 is 9.47 Å². The van der Waals surface area contributed by atoms with Crippen LogP contribution in [0.3, 0.4) is 0 Å². The molecule has 23 heavy (non-hydrogen) atoms. The van der Waals surface area contributed by atoms with Crippen LogP contribution in [0.5, 0.6) is 5.75 Å². The van der Waals surface area contributed by atoms with Gasteiger partial charge in [0.2, 0.25) is 0 Å². The average Bonchev–Trinajstić information content (AvgIpc) is 3.25. The Kier molecular flexibility index (Phi) is 2.83. The first-order chi connectivity index (χ1) is 11.1. The second-order valence-electron chi connectivity index (χ2n) is 8.67. The molecule has 3 saturated carbocycles. The lowest BCUT2D eigenvalue weighted by atomic mass is 9.54. The molecule has 3 fully saturated rings. The molecule has 0 spiro atoms. The van der Waals surface area contributed by atoms with Crippen LogP contribution in [0, 0.1) is 23.2 Å². The van der Waals surface area contributed by atoms with Gasteiger partial charge in [-0.2, -0.15) is 0 Å². The topological polar surface area (TPSA) is 18.5 Å². The van der Waals surface area contributed by atoms with Crippen molar-refractivity contribution in [3.05, 3.63) is 29.3 Å². The van der Waals surface area contributed by atoms with E-state index in [0.717, 1.165) is 29.4 Å². The lowest BCUT2D eigenvalue weighted by Crippen LogP contribution is -2.47. The Balaban J connectivity index is 1.50. The van der Waals surface area contributed by atoms with E-state index in [4.69, 9.17) is 9.47 Å². The van der Waals surface area contributed by atoms with Crippen LogP contribution in [-0.4, -0.2) is 19.8 Å². The van der Waals surface area contributed by atoms with Crippen LogP contribution in [0.4, 0.5) is 0 Å². The molecule has 0 saturated heterocycles. The molecule has 2 nitrogen and oxygen atoms in total. The van der Waals surface area contributed by atoms with Gasteiger partial charge in [-0.15, -0.1) is 0 Å². The molecule has 0 heterocycles. The van der Waals surface area contributed by atoms with Crippen molar-refractivity contribution in [2.24, 2.45) is 23.2 Å². The molecule has 5 rings (SSSR count). The van der Waals surface area contributed by atoms with Gasteiger partial charge >= 0.3 is 0 Å². The van der Waals surface area contributed by atoms with Gasteiger partial charge in [0.25, 0.3) is 0 Å². The van der Waals surface area contributed by atoms with Crippen molar-refractivity contribution in [3.63, 3.8) is 0 Å². The Bertz CT molecular complexity index is 649. The molecule has 0 bridgehead atoms. The van der Waals surface area contributed by atoms with Crippen molar-refractivity contribution in [2.75, 3.05) is 14.2 Å². The van der Waals surface area contributed by atoms with Crippen molar-refractivity contribution in [2.45, 2.75) is 57.0 Å². The highest BCUT2D eigenvalue weighted by Crippen LogP contribution is 2.75. The van der Waals surface area contributed by atoms with E-state index in [1.807, 2.05) is 7.11 Å². The molecule has 2 heteroatoms. The van der Waals surface area contributed by atoms with Crippen LogP contribution in [-0.2, 0) is 11.2 Å². The van der Waals surface area contributed by atoms with Gasteiger partial charge in [-0.25, -0.2) is 0 Å². The van der Waals surface area contributed by atoms with Gasteiger partial charge in [-0.3, -0.25) is 0 Å². The van der Waals surface area contributed by atoms with E-state index in [1.165, 1.54) is 38.5 Å². The molecule has 0 aliphatic heterocycles. The summed E-state index contributed by atoms with van der Waals surface area (Å²) in [5, 5.41) is 0. The van der Waals surface area contributed by atoms with Crippen molar-refractivity contribution in [1.29, 1.82) is 0 Å². The highest BCUT2D eigenvalue weighted by molar-refractivity contribution is 5.41. The van der Waals surface area contributed by atoms with Crippen LogP contribution < -0.4 is 4.74 Å². The number of hydrogen-bond acceptors (Lipinski definition) is 2. The minimum atomic E-state index is 0.239. The molecule has 0 radical (unpaired) electrons. The van der Waals surface area contributed by atoms with Crippen LogP contribution in [0.1, 0.15) is 56.1 Å². The lowest BCUT2D eigenvalue weighted by Gasteiger charge is -2.52. The lowest BCUT2D eigenvalue weighted by molar-refractivity contribution is -0.0800. The smallest absolute Gasteiger partial charge is 0.119 e. The summed E-state index contributed by atoms with van der Waals surface area (Å²) in [5.41, 5.74) is 3.83. The molecule has 0 amide bonds. The van der Waals surface area contributed by atoms with Crippen LogP contribution >= 0.6 is 0 Å². The summed E-state index contributed by atoms with van der Waals surface area (Å²) < 4.78 is 11.5. The van der Waals surface area contributed by atoms with Crippen LogP contribution in [0.2, 0.25) is 0 Å². The van der Waals surface area contributed by atoms with Crippen molar-refractivity contribution in [3.8, 4) is 5.75 Å². The van der Waals surface area contributed by atoms with Crippen LogP contribution in [0.15, 0.2) is 18.2 Å². The second-order valence-corrected chi connectivity index (χ2v) is 8.67. The van der Waals surface area contributed by atoms with E-state index in [2.05, 4.69) is 25.1 Å². The molecule has 4 aliphatic carbocycles. The van der Waals surface area contributed by atoms with Gasteiger partial charge in [-0.1, -0.05) is 13.0 Å². The normalized spacial score (nSPS) is 46.4. The van der Waals surface area contributed by atoms with Crippen molar-refractivity contribution in [1.82, 2.24) is 0 Å². The fraction of sp³-hybridized carbons (Fsp3) is 0.714. The first-order valence-electron chi connectivity index (χ1n) is 9.35. The van der Waals surface area contributed by atoms with Gasteiger partial charge in [0.05, 0.1) is 12.7 Å². The zero-order chi connectivity index (χ0) is 15.8. The van der Waals surface area contributed by atoms with E-state index < -0.39 is 0 Å². The molecule has 124 valence electrons. The number of fused-ring (bicyclic) bond motifs is 7. The van der Waals surface area contributed by atoms with Gasteiger partial charge in [-0.05, 0) is 90.9 Å². The van der Waals surface area contributed by atoms with Gasteiger partial charge in [0.15, 0.2) is 0 Å². The Morgan fingerprint density at radius 1 is 1.17 bits per heavy atom. The van der Waals surface area contributed by atoms with Gasteiger partial charge in [0, 0.05) is 7.11 Å². The standard InChI is InChI=1S/C21H28O2/c1-20-9-8-17-16-7-5-15(22-2)10-13(16)4-6-18(17)19(20)11-14-12-21(14,20)23-3/h5,7,10,14,17-19H,4,6,8-9,11-12H2,1-3H3/t14-,17+,18+,19-,20-,21+/m0/s1. The largest absolute Gasteiger partial charge is 0.497 e. The SMILES string of the molecule is COc1ccc2c(c1)CC[C@@H]1[C@@H]2CC[C@@]2(C)[C@H]1C[C@H]1C[C@@]12OC. The maximum atomic E-state index is 6.11. The summed E-state index contributed by atoms with van der Waals surface area (Å²) in [6.07, 6.45) is 8.00. The number of hydrogen-bond donors (Lipinski definition) is 0. The molecule has 1 aromatic carbocycles. The maximum absolute atomic E-state index is 6.11. The summed E-state index contributed by atoms with van der Waals surface area (Å²) in [4.78, 5) is 0. The Labute approximate surface area is 139 Å². The maximum Gasteiger partial charge on any atom is 0.119 e.